The summed E-state index contributed by atoms with van der Waals surface area (Å²) in [6.45, 7) is 0. The number of aromatic nitrogens is 1. The number of rotatable bonds is 1. The molecule has 0 atom stereocenters. The van der Waals surface area contributed by atoms with Crippen molar-refractivity contribution in [1.29, 1.82) is 0 Å². The molecule has 2 rings (SSSR count). The van der Waals surface area contributed by atoms with E-state index in [0.717, 1.165) is 23.8 Å². The fourth-order valence-corrected chi connectivity index (χ4v) is 1.44. The molecule has 0 unspecified atom stereocenters. The van der Waals surface area contributed by atoms with E-state index in [9.17, 15) is 0 Å². The summed E-state index contributed by atoms with van der Waals surface area (Å²) in [6.07, 6.45) is 1.98. The zero-order valence-corrected chi connectivity index (χ0v) is 6.86. The summed E-state index contributed by atoms with van der Waals surface area (Å²) >= 11 is 0. The van der Waals surface area contributed by atoms with E-state index in [-0.39, 0.29) is 0 Å². The highest BCUT2D eigenvalue weighted by Gasteiger charge is 2.02. The second-order valence-corrected chi connectivity index (χ2v) is 2.84. The van der Waals surface area contributed by atoms with Crippen molar-refractivity contribution in [2.24, 2.45) is 7.05 Å². The Labute approximate surface area is 71.7 Å². The van der Waals surface area contributed by atoms with Crippen LogP contribution in [0.5, 0.6) is 0 Å². The van der Waals surface area contributed by atoms with E-state index in [2.05, 4.69) is 0 Å². The predicted octanol–water partition coefficient (Wildman–Crippen LogP) is 0.415. The second-order valence-electron chi connectivity index (χ2n) is 2.84. The first-order valence-electron chi connectivity index (χ1n) is 3.84. The average molecular weight is 158 g/mol. The Morgan fingerprint density at radius 3 is 2.92 bits per heavy atom. The molecule has 0 spiro atoms. The van der Waals surface area contributed by atoms with Gasteiger partial charge in [0.2, 0.25) is 0 Å². The van der Waals surface area contributed by atoms with Gasteiger partial charge in [-0.3, -0.25) is 0 Å². The molecule has 1 aromatic carbocycles. The fourth-order valence-electron chi connectivity index (χ4n) is 1.44. The smallest absolute Gasteiger partial charge is 0.327 e. The largest absolute Gasteiger partial charge is 0.450 e. The summed E-state index contributed by atoms with van der Waals surface area (Å²) in [5, 5.41) is 10.00. The Kier molecular flexibility index (Phi) is 1.66. The van der Waals surface area contributed by atoms with E-state index in [4.69, 9.17) is 5.02 Å². The van der Waals surface area contributed by atoms with Crippen LogP contribution in [0.15, 0.2) is 30.5 Å². The number of nitrogens with zero attached hydrogens (tertiary/aromatic N) is 1. The first-order valence-corrected chi connectivity index (χ1v) is 3.84. The molecule has 1 heterocycles. The third kappa shape index (κ3) is 0.941. The van der Waals surface area contributed by atoms with Crippen molar-refractivity contribution >= 4 is 23.8 Å². The molecule has 0 amide bonds. The van der Waals surface area contributed by atoms with Crippen LogP contribution in [0.25, 0.3) is 10.9 Å². The zero-order chi connectivity index (χ0) is 8.55. The van der Waals surface area contributed by atoms with E-state index < -0.39 is 0 Å². The summed E-state index contributed by atoms with van der Waals surface area (Å²) in [7, 11) is 3.13. The normalized spacial score (nSPS) is 10.5. The lowest BCUT2D eigenvalue weighted by Gasteiger charge is -1.98. The Morgan fingerprint density at radius 2 is 2.17 bits per heavy atom. The zero-order valence-electron chi connectivity index (χ0n) is 6.86. The van der Waals surface area contributed by atoms with Crippen LogP contribution < -0.4 is 5.46 Å². The Bertz CT molecular complexity index is 408. The molecule has 1 N–H and O–H groups in total. The van der Waals surface area contributed by atoms with Gasteiger partial charge in [-0.25, -0.2) is 0 Å². The van der Waals surface area contributed by atoms with Gasteiger partial charge in [-0.2, -0.15) is 0 Å². The van der Waals surface area contributed by atoms with Crippen molar-refractivity contribution < 1.29 is 5.02 Å². The number of aryl methyl sites for hydroxylation is 1. The molecule has 0 saturated heterocycles. The average Bonchev–Trinajstić information content (AvgIpc) is 2.48. The van der Waals surface area contributed by atoms with Gasteiger partial charge in [0.05, 0.1) is 0 Å². The molecule has 12 heavy (non-hydrogen) atoms. The summed E-state index contributed by atoms with van der Waals surface area (Å²) in [5.74, 6) is 0. The standard InChI is InChI=1S/C9H9BNO/c1-11-6-5-7-8(10-12)3-2-4-9(7)11/h2-6,12H,1H3. The SMILES string of the molecule is Cn1ccc2c([B]O)cccc21. The highest BCUT2D eigenvalue weighted by Crippen LogP contribution is 2.10. The summed E-state index contributed by atoms with van der Waals surface area (Å²) in [5.41, 5.74) is 2.01. The van der Waals surface area contributed by atoms with Crippen LogP contribution in [0.1, 0.15) is 0 Å². The van der Waals surface area contributed by atoms with Gasteiger partial charge in [0.25, 0.3) is 0 Å². The monoisotopic (exact) mass is 158 g/mol. The van der Waals surface area contributed by atoms with Gasteiger partial charge in [0.15, 0.2) is 0 Å². The number of hydrogen-bond acceptors (Lipinski definition) is 1. The maximum atomic E-state index is 8.91. The molecular formula is C9H9BNO. The van der Waals surface area contributed by atoms with Crippen LogP contribution in [-0.2, 0) is 7.05 Å². The summed E-state index contributed by atoms with van der Waals surface area (Å²) in [4.78, 5) is 0. The van der Waals surface area contributed by atoms with Crippen LogP contribution in [0.2, 0.25) is 0 Å². The highest BCUT2D eigenvalue weighted by atomic mass is 16.2. The van der Waals surface area contributed by atoms with E-state index in [1.807, 2.05) is 42.1 Å². The molecule has 0 saturated carbocycles. The van der Waals surface area contributed by atoms with Crippen molar-refractivity contribution in [2.75, 3.05) is 0 Å². The minimum atomic E-state index is 0.869. The summed E-state index contributed by atoms with van der Waals surface area (Å²) < 4.78 is 2.03. The first kappa shape index (κ1) is 7.43. The minimum absolute atomic E-state index is 0.869. The van der Waals surface area contributed by atoms with Crippen LogP contribution in [0, 0.1) is 0 Å². The van der Waals surface area contributed by atoms with Gasteiger partial charge in [0, 0.05) is 18.8 Å². The molecule has 0 fully saturated rings. The van der Waals surface area contributed by atoms with E-state index in [0.29, 0.717) is 0 Å². The molecular weight excluding hydrogens is 149 g/mol. The molecule has 59 valence electrons. The van der Waals surface area contributed by atoms with Crippen molar-refractivity contribution in [1.82, 2.24) is 4.57 Å². The van der Waals surface area contributed by atoms with Crippen molar-refractivity contribution in [3.05, 3.63) is 30.5 Å². The molecule has 2 nitrogen and oxygen atoms in total. The predicted molar refractivity (Wildman–Crippen MR) is 50.5 cm³/mol. The van der Waals surface area contributed by atoms with Gasteiger partial charge >= 0.3 is 7.48 Å². The lowest BCUT2D eigenvalue weighted by Crippen LogP contribution is -2.13. The fraction of sp³-hybridized carbons (Fsp3) is 0.111. The molecule has 0 bridgehead atoms. The third-order valence-corrected chi connectivity index (χ3v) is 2.10. The molecule has 3 heteroatoms. The second kappa shape index (κ2) is 2.68. The summed E-state index contributed by atoms with van der Waals surface area (Å²) in [6, 6.07) is 7.85. The molecule has 2 aromatic rings. The molecule has 1 radical (unpaired) electrons. The number of benzene rings is 1. The molecule has 0 aliphatic heterocycles. The van der Waals surface area contributed by atoms with Crippen molar-refractivity contribution in [3.63, 3.8) is 0 Å². The van der Waals surface area contributed by atoms with Gasteiger partial charge < -0.3 is 9.59 Å². The Balaban J connectivity index is 2.81. The Morgan fingerprint density at radius 1 is 1.33 bits per heavy atom. The van der Waals surface area contributed by atoms with E-state index in [1.165, 1.54) is 0 Å². The van der Waals surface area contributed by atoms with Crippen molar-refractivity contribution in [3.8, 4) is 0 Å². The van der Waals surface area contributed by atoms with Gasteiger partial charge in [0.1, 0.15) is 0 Å². The van der Waals surface area contributed by atoms with Crippen molar-refractivity contribution in [2.45, 2.75) is 0 Å². The number of fused-ring (bicyclic) bond motifs is 1. The van der Waals surface area contributed by atoms with E-state index >= 15 is 0 Å². The van der Waals surface area contributed by atoms with Crippen LogP contribution in [-0.4, -0.2) is 17.1 Å². The van der Waals surface area contributed by atoms with Gasteiger partial charge in [-0.1, -0.05) is 12.1 Å². The van der Waals surface area contributed by atoms with Gasteiger partial charge in [-0.15, -0.1) is 0 Å². The molecule has 1 aromatic heterocycles. The van der Waals surface area contributed by atoms with Crippen LogP contribution >= 0.6 is 0 Å². The number of hydrogen-bond donors (Lipinski definition) is 1. The van der Waals surface area contributed by atoms with E-state index in [1.54, 1.807) is 0 Å². The molecule has 0 aliphatic rings. The lowest BCUT2D eigenvalue weighted by atomic mass is 9.86. The maximum absolute atomic E-state index is 8.91. The van der Waals surface area contributed by atoms with Gasteiger partial charge in [-0.05, 0) is 23.0 Å². The first-order chi connectivity index (χ1) is 5.83. The topological polar surface area (TPSA) is 25.2 Å². The third-order valence-electron chi connectivity index (χ3n) is 2.10. The van der Waals surface area contributed by atoms with Crippen LogP contribution in [0.3, 0.4) is 0 Å². The quantitative estimate of drug-likeness (QED) is 0.597. The highest BCUT2D eigenvalue weighted by molar-refractivity contribution is 6.50. The minimum Gasteiger partial charge on any atom is -0.450 e. The maximum Gasteiger partial charge on any atom is 0.327 e. The van der Waals surface area contributed by atoms with Crippen LogP contribution in [0.4, 0.5) is 0 Å². The molecule has 0 aliphatic carbocycles. The lowest BCUT2D eigenvalue weighted by molar-refractivity contribution is 0.616. The Hall–Kier alpha value is -1.22.